The summed E-state index contributed by atoms with van der Waals surface area (Å²) in [5.41, 5.74) is 2.81. The second-order valence-corrected chi connectivity index (χ2v) is 7.67. The SMILES string of the molecule is Cc1nn(-c2cccc(F)c2)c2c1c(C)c(CCC(=O)Nc1ccccc1F)c(=O)n2C. The highest BCUT2D eigenvalue weighted by Crippen LogP contribution is 2.26. The maximum absolute atomic E-state index is 13.8. The number of halogens is 2. The molecule has 2 aromatic carbocycles. The zero-order chi connectivity index (χ0) is 23.0. The Hall–Kier alpha value is -3.81. The molecular formula is C24H22F2N4O2. The number of aryl methyl sites for hydroxylation is 3. The fraction of sp³-hybridized carbons (Fsp3) is 0.208. The summed E-state index contributed by atoms with van der Waals surface area (Å²) in [5, 5.41) is 7.85. The van der Waals surface area contributed by atoms with Crippen molar-refractivity contribution in [2.24, 2.45) is 7.05 Å². The average molecular weight is 436 g/mol. The lowest BCUT2D eigenvalue weighted by molar-refractivity contribution is -0.116. The van der Waals surface area contributed by atoms with E-state index in [0.29, 0.717) is 22.6 Å². The maximum atomic E-state index is 13.8. The van der Waals surface area contributed by atoms with Gasteiger partial charge in [-0.3, -0.25) is 14.2 Å². The number of hydrogen-bond donors (Lipinski definition) is 1. The predicted octanol–water partition coefficient (Wildman–Crippen LogP) is 4.19. The second-order valence-electron chi connectivity index (χ2n) is 7.67. The molecule has 8 heteroatoms. The molecule has 0 aliphatic rings. The molecule has 2 aromatic heterocycles. The van der Waals surface area contributed by atoms with Crippen LogP contribution < -0.4 is 10.9 Å². The first-order valence-corrected chi connectivity index (χ1v) is 10.2. The first kappa shape index (κ1) is 21.4. The van der Waals surface area contributed by atoms with Gasteiger partial charge in [-0.2, -0.15) is 5.10 Å². The number of anilines is 1. The van der Waals surface area contributed by atoms with Crippen molar-refractivity contribution in [2.45, 2.75) is 26.7 Å². The summed E-state index contributed by atoms with van der Waals surface area (Å²) in [6.45, 7) is 3.64. The van der Waals surface area contributed by atoms with E-state index in [-0.39, 0.29) is 30.0 Å². The molecule has 0 radical (unpaired) electrons. The second kappa shape index (κ2) is 8.37. The molecule has 2 heterocycles. The molecule has 0 saturated carbocycles. The minimum absolute atomic E-state index is 0.0208. The molecule has 6 nitrogen and oxygen atoms in total. The maximum Gasteiger partial charge on any atom is 0.255 e. The number of nitrogens with one attached hydrogen (secondary N) is 1. The highest BCUT2D eigenvalue weighted by molar-refractivity contribution is 5.91. The summed E-state index contributed by atoms with van der Waals surface area (Å²) in [6.07, 6.45) is 0.215. The van der Waals surface area contributed by atoms with Crippen LogP contribution in [0.25, 0.3) is 16.7 Å². The molecular weight excluding hydrogens is 414 g/mol. The first-order valence-electron chi connectivity index (χ1n) is 10.2. The number of carbonyl (C=O) groups is 1. The molecule has 0 aliphatic heterocycles. The lowest BCUT2D eigenvalue weighted by atomic mass is 10.0. The fourth-order valence-electron chi connectivity index (χ4n) is 3.97. The molecule has 4 aromatic rings. The number of amides is 1. The van der Waals surface area contributed by atoms with E-state index in [9.17, 15) is 18.4 Å². The van der Waals surface area contributed by atoms with E-state index in [1.54, 1.807) is 36.0 Å². The molecule has 0 fully saturated rings. The first-order chi connectivity index (χ1) is 15.3. The molecule has 32 heavy (non-hydrogen) atoms. The van der Waals surface area contributed by atoms with Crippen LogP contribution in [0.3, 0.4) is 0 Å². The van der Waals surface area contributed by atoms with Crippen molar-refractivity contribution in [1.29, 1.82) is 0 Å². The van der Waals surface area contributed by atoms with Crippen LogP contribution >= 0.6 is 0 Å². The summed E-state index contributed by atoms with van der Waals surface area (Å²) in [4.78, 5) is 25.5. The van der Waals surface area contributed by atoms with Crippen LogP contribution in [0.5, 0.6) is 0 Å². The Labute approximate surface area is 183 Å². The minimum atomic E-state index is -0.519. The molecule has 4 rings (SSSR count). The Balaban J connectivity index is 1.70. The summed E-state index contributed by atoms with van der Waals surface area (Å²) in [6, 6.07) is 11.9. The van der Waals surface area contributed by atoms with Gasteiger partial charge in [-0.25, -0.2) is 13.5 Å². The van der Waals surface area contributed by atoms with Crippen molar-refractivity contribution in [3.05, 3.63) is 87.3 Å². The van der Waals surface area contributed by atoms with Gasteiger partial charge in [-0.15, -0.1) is 0 Å². The summed E-state index contributed by atoms with van der Waals surface area (Å²) in [5.74, 6) is -1.30. The fourth-order valence-corrected chi connectivity index (χ4v) is 3.97. The lowest BCUT2D eigenvalue weighted by Crippen LogP contribution is -2.25. The smallest absolute Gasteiger partial charge is 0.255 e. The molecule has 164 valence electrons. The molecule has 0 atom stereocenters. The topological polar surface area (TPSA) is 68.9 Å². The van der Waals surface area contributed by atoms with Crippen LogP contribution in [0.4, 0.5) is 14.5 Å². The average Bonchev–Trinajstić information content (AvgIpc) is 3.11. The zero-order valence-corrected chi connectivity index (χ0v) is 17.9. The summed E-state index contributed by atoms with van der Waals surface area (Å²) < 4.78 is 30.6. The number of benzene rings is 2. The van der Waals surface area contributed by atoms with Crippen molar-refractivity contribution in [2.75, 3.05) is 5.32 Å². The van der Waals surface area contributed by atoms with Crippen molar-refractivity contribution in [3.8, 4) is 5.69 Å². The number of rotatable bonds is 5. The number of hydrogen-bond acceptors (Lipinski definition) is 3. The van der Waals surface area contributed by atoms with Gasteiger partial charge in [-0.05, 0) is 56.2 Å². The molecule has 1 amide bonds. The summed E-state index contributed by atoms with van der Waals surface area (Å²) in [7, 11) is 1.63. The van der Waals surface area contributed by atoms with E-state index in [1.807, 2.05) is 13.8 Å². The van der Waals surface area contributed by atoms with E-state index in [4.69, 9.17) is 0 Å². The van der Waals surface area contributed by atoms with E-state index in [0.717, 1.165) is 10.9 Å². The molecule has 0 saturated heterocycles. The number of carbonyl (C=O) groups excluding carboxylic acids is 1. The van der Waals surface area contributed by atoms with Crippen LogP contribution in [0.15, 0.2) is 53.3 Å². The monoisotopic (exact) mass is 436 g/mol. The number of nitrogens with zero attached hydrogens (tertiary/aromatic N) is 3. The van der Waals surface area contributed by atoms with Crippen molar-refractivity contribution in [1.82, 2.24) is 14.3 Å². The zero-order valence-electron chi connectivity index (χ0n) is 17.9. The van der Waals surface area contributed by atoms with Crippen molar-refractivity contribution >= 4 is 22.6 Å². The Morgan fingerprint density at radius 1 is 1.09 bits per heavy atom. The Morgan fingerprint density at radius 3 is 2.56 bits per heavy atom. The third kappa shape index (κ3) is 3.79. The van der Waals surface area contributed by atoms with Gasteiger partial charge >= 0.3 is 0 Å². The lowest BCUT2D eigenvalue weighted by Gasteiger charge is -2.13. The van der Waals surface area contributed by atoms with Gasteiger partial charge in [-0.1, -0.05) is 18.2 Å². The Kier molecular flexibility index (Phi) is 5.61. The van der Waals surface area contributed by atoms with Gasteiger partial charge in [0.2, 0.25) is 5.91 Å². The molecule has 1 N–H and O–H groups in total. The van der Waals surface area contributed by atoms with Gasteiger partial charge in [0.15, 0.2) is 0 Å². The summed E-state index contributed by atoms with van der Waals surface area (Å²) >= 11 is 0. The number of fused-ring (bicyclic) bond motifs is 1. The van der Waals surface area contributed by atoms with Crippen LogP contribution in [0, 0.1) is 25.5 Å². The van der Waals surface area contributed by atoms with E-state index >= 15 is 0 Å². The Morgan fingerprint density at radius 2 is 1.84 bits per heavy atom. The Bertz CT molecular complexity index is 1410. The largest absolute Gasteiger partial charge is 0.324 e. The number of pyridine rings is 1. The van der Waals surface area contributed by atoms with Crippen LogP contribution in [0.1, 0.15) is 23.2 Å². The van der Waals surface area contributed by atoms with Crippen LogP contribution in [-0.2, 0) is 18.3 Å². The highest BCUT2D eigenvalue weighted by Gasteiger charge is 2.20. The standard InChI is InChI=1S/C24H22F2N4O2/c1-14-18(11-12-21(31)27-20-10-5-4-9-19(20)26)24(32)29(3)23-22(14)15(2)28-30(23)17-8-6-7-16(25)13-17/h4-10,13H,11-12H2,1-3H3,(H,27,31). The van der Waals surface area contributed by atoms with E-state index in [2.05, 4.69) is 10.4 Å². The third-order valence-electron chi connectivity index (χ3n) is 5.55. The molecule has 0 unspecified atom stereocenters. The van der Waals surface area contributed by atoms with Gasteiger partial charge in [0.25, 0.3) is 5.56 Å². The molecule has 0 bridgehead atoms. The van der Waals surface area contributed by atoms with Gasteiger partial charge < -0.3 is 5.32 Å². The normalized spacial score (nSPS) is 11.2. The predicted molar refractivity (Wildman–Crippen MR) is 119 cm³/mol. The number of para-hydroxylation sites is 1. The van der Waals surface area contributed by atoms with Gasteiger partial charge in [0, 0.05) is 24.4 Å². The molecule has 0 aliphatic carbocycles. The van der Waals surface area contributed by atoms with Gasteiger partial charge in [0.05, 0.1) is 17.1 Å². The van der Waals surface area contributed by atoms with Gasteiger partial charge in [0.1, 0.15) is 17.3 Å². The van der Waals surface area contributed by atoms with Crippen molar-refractivity contribution < 1.29 is 13.6 Å². The highest BCUT2D eigenvalue weighted by atomic mass is 19.1. The van der Waals surface area contributed by atoms with Crippen LogP contribution in [-0.4, -0.2) is 20.3 Å². The van der Waals surface area contributed by atoms with E-state index < -0.39 is 11.6 Å². The van der Waals surface area contributed by atoms with Crippen molar-refractivity contribution in [3.63, 3.8) is 0 Å². The molecule has 0 spiro atoms. The van der Waals surface area contributed by atoms with Crippen LogP contribution in [0.2, 0.25) is 0 Å². The number of aromatic nitrogens is 3. The quantitative estimate of drug-likeness (QED) is 0.510. The third-order valence-corrected chi connectivity index (χ3v) is 5.55. The minimum Gasteiger partial charge on any atom is -0.324 e. The van der Waals surface area contributed by atoms with E-state index in [1.165, 1.54) is 28.8 Å².